The van der Waals surface area contributed by atoms with Crippen LogP contribution < -0.4 is 14.2 Å². The Morgan fingerprint density at radius 2 is 1.83 bits per heavy atom. The van der Waals surface area contributed by atoms with E-state index in [-0.39, 0.29) is 30.2 Å². The van der Waals surface area contributed by atoms with E-state index in [1.807, 2.05) is 0 Å². The van der Waals surface area contributed by atoms with E-state index in [4.69, 9.17) is 19.3 Å². The minimum Gasteiger partial charge on any atom is -0.497 e. The SMILES string of the molecule is COc1cccc(OCCOc2ccc([N+](=O)[O-])cc2C(=O)O)c1. The fourth-order valence-electron chi connectivity index (χ4n) is 1.93. The minimum absolute atomic E-state index is 0.0438. The predicted molar refractivity (Wildman–Crippen MR) is 84.0 cm³/mol. The average Bonchev–Trinajstić information content (AvgIpc) is 2.58. The number of hydrogen-bond donors (Lipinski definition) is 1. The third-order valence-corrected chi connectivity index (χ3v) is 3.06. The van der Waals surface area contributed by atoms with E-state index in [0.717, 1.165) is 6.07 Å². The number of non-ortho nitro benzene ring substituents is 1. The maximum absolute atomic E-state index is 11.2. The van der Waals surface area contributed by atoms with Gasteiger partial charge in [-0.1, -0.05) is 6.07 Å². The third kappa shape index (κ3) is 4.35. The molecule has 8 nitrogen and oxygen atoms in total. The summed E-state index contributed by atoms with van der Waals surface area (Å²) in [6.45, 7) is 0.249. The molecule has 0 heterocycles. The van der Waals surface area contributed by atoms with Crippen LogP contribution in [0.5, 0.6) is 17.2 Å². The molecule has 0 aliphatic heterocycles. The van der Waals surface area contributed by atoms with Gasteiger partial charge in [0, 0.05) is 18.2 Å². The molecule has 2 aromatic rings. The van der Waals surface area contributed by atoms with Crippen molar-refractivity contribution >= 4 is 11.7 Å². The number of rotatable bonds is 8. The van der Waals surface area contributed by atoms with Gasteiger partial charge < -0.3 is 19.3 Å². The van der Waals surface area contributed by atoms with Gasteiger partial charge in [0.1, 0.15) is 36.0 Å². The number of nitrogens with zero attached hydrogens (tertiary/aromatic N) is 1. The second kappa shape index (κ2) is 7.82. The maximum Gasteiger partial charge on any atom is 0.339 e. The molecule has 126 valence electrons. The second-order valence-electron chi connectivity index (χ2n) is 4.62. The number of benzene rings is 2. The van der Waals surface area contributed by atoms with E-state index >= 15 is 0 Å². The van der Waals surface area contributed by atoms with Crippen molar-refractivity contribution in [3.63, 3.8) is 0 Å². The van der Waals surface area contributed by atoms with Crippen LogP contribution in [0, 0.1) is 10.1 Å². The summed E-state index contributed by atoms with van der Waals surface area (Å²) < 4.78 is 15.9. The molecule has 0 unspecified atom stereocenters. The Labute approximate surface area is 137 Å². The van der Waals surface area contributed by atoms with Crippen LogP contribution >= 0.6 is 0 Å². The Bertz CT molecular complexity index is 745. The molecule has 2 rings (SSSR count). The van der Waals surface area contributed by atoms with Gasteiger partial charge in [0.15, 0.2) is 0 Å². The highest BCUT2D eigenvalue weighted by Gasteiger charge is 2.17. The first-order chi connectivity index (χ1) is 11.5. The van der Waals surface area contributed by atoms with Gasteiger partial charge in [-0.3, -0.25) is 10.1 Å². The van der Waals surface area contributed by atoms with Gasteiger partial charge in [-0.2, -0.15) is 0 Å². The zero-order valence-electron chi connectivity index (χ0n) is 12.8. The fourth-order valence-corrected chi connectivity index (χ4v) is 1.93. The van der Waals surface area contributed by atoms with E-state index in [1.54, 1.807) is 31.4 Å². The number of carboxylic acids is 1. The van der Waals surface area contributed by atoms with Gasteiger partial charge in [0.25, 0.3) is 5.69 Å². The molecule has 24 heavy (non-hydrogen) atoms. The van der Waals surface area contributed by atoms with Gasteiger partial charge in [-0.15, -0.1) is 0 Å². The molecule has 0 aliphatic rings. The van der Waals surface area contributed by atoms with E-state index in [9.17, 15) is 14.9 Å². The van der Waals surface area contributed by atoms with Crippen molar-refractivity contribution in [2.24, 2.45) is 0 Å². The standard InChI is InChI=1S/C16H15NO7/c1-22-12-3-2-4-13(10-12)23-7-8-24-15-6-5-11(17(20)21)9-14(15)16(18)19/h2-6,9-10H,7-8H2,1H3,(H,18,19). The van der Waals surface area contributed by atoms with Crippen LogP contribution in [-0.4, -0.2) is 36.3 Å². The van der Waals surface area contributed by atoms with Crippen LogP contribution in [0.4, 0.5) is 5.69 Å². The summed E-state index contributed by atoms with van der Waals surface area (Å²) in [7, 11) is 1.55. The largest absolute Gasteiger partial charge is 0.497 e. The highest BCUT2D eigenvalue weighted by molar-refractivity contribution is 5.91. The molecule has 0 amide bonds. The zero-order chi connectivity index (χ0) is 17.5. The summed E-state index contributed by atoms with van der Waals surface area (Å²) in [5, 5.41) is 19.8. The summed E-state index contributed by atoms with van der Waals surface area (Å²) in [6.07, 6.45) is 0. The van der Waals surface area contributed by atoms with Gasteiger partial charge in [-0.25, -0.2) is 4.79 Å². The van der Waals surface area contributed by atoms with E-state index < -0.39 is 10.9 Å². The Balaban J connectivity index is 1.96. The molecule has 1 N–H and O–H groups in total. The van der Waals surface area contributed by atoms with E-state index in [1.165, 1.54) is 12.1 Å². The molecule has 0 atom stereocenters. The van der Waals surface area contributed by atoms with Crippen LogP contribution in [0.3, 0.4) is 0 Å². The monoisotopic (exact) mass is 333 g/mol. The van der Waals surface area contributed by atoms with Crippen molar-refractivity contribution in [1.29, 1.82) is 0 Å². The topological polar surface area (TPSA) is 108 Å². The number of nitro groups is 1. The molecule has 8 heteroatoms. The summed E-state index contributed by atoms with van der Waals surface area (Å²) >= 11 is 0. The number of carboxylic acid groups (broad SMARTS) is 1. The summed E-state index contributed by atoms with van der Waals surface area (Å²) in [5.41, 5.74) is -0.585. The smallest absolute Gasteiger partial charge is 0.339 e. The van der Waals surface area contributed by atoms with Crippen LogP contribution in [0.15, 0.2) is 42.5 Å². The molecule has 0 spiro atoms. The molecular weight excluding hydrogens is 318 g/mol. The Hall–Kier alpha value is -3.29. The summed E-state index contributed by atoms with van der Waals surface area (Å²) in [5.74, 6) is -0.0261. The first kappa shape index (κ1) is 17.1. The lowest BCUT2D eigenvalue weighted by atomic mass is 10.2. The quantitative estimate of drug-likeness (QED) is 0.449. The van der Waals surface area contributed by atoms with Crippen LogP contribution in [0.1, 0.15) is 10.4 Å². The molecule has 0 aliphatic carbocycles. The third-order valence-electron chi connectivity index (χ3n) is 3.06. The average molecular weight is 333 g/mol. The molecule has 0 aromatic heterocycles. The van der Waals surface area contributed by atoms with Gasteiger partial charge in [0.05, 0.1) is 12.0 Å². The van der Waals surface area contributed by atoms with Crippen molar-refractivity contribution in [1.82, 2.24) is 0 Å². The number of methoxy groups -OCH3 is 1. The predicted octanol–water partition coefficient (Wildman–Crippen LogP) is 2.76. The molecule has 0 bridgehead atoms. The molecular formula is C16H15NO7. The van der Waals surface area contributed by atoms with Crippen molar-refractivity contribution in [3.8, 4) is 17.2 Å². The van der Waals surface area contributed by atoms with Gasteiger partial charge in [-0.05, 0) is 18.2 Å². The Morgan fingerprint density at radius 3 is 2.50 bits per heavy atom. The second-order valence-corrected chi connectivity index (χ2v) is 4.62. The number of aromatic carboxylic acids is 1. The lowest BCUT2D eigenvalue weighted by Gasteiger charge is -2.11. The lowest BCUT2D eigenvalue weighted by molar-refractivity contribution is -0.384. The molecule has 0 saturated heterocycles. The van der Waals surface area contributed by atoms with Crippen molar-refractivity contribution < 1.29 is 29.0 Å². The number of carbonyl (C=O) groups is 1. The highest BCUT2D eigenvalue weighted by Crippen LogP contribution is 2.24. The van der Waals surface area contributed by atoms with Gasteiger partial charge in [0.2, 0.25) is 0 Å². The molecule has 0 fully saturated rings. The fraction of sp³-hybridized carbons (Fsp3) is 0.188. The van der Waals surface area contributed by atoms with Crippen LogP contribution in [0.25, 0.3) is 0 Å². The summed E-state index contributed by atoms with van der Waals surface area (Å²) in [6, 6.07) is 10.4. The number of hydrogen-bond acceptors (Lipinski definition) is 6. The molecule has 0 saturated carbocycles. The van der Waals surface area contributed by atoms with Gasteiger partial charge >= 0.3 is 5.97 Å². The van der Waals surface area contributed by atoms with Crippen molar-refractivity contribution in [3.05, 3.63) is 58.1 Å². The normalized spacial score (nSPS) is 10.0. The van der Waals surface area contributed by atoms with Crippen molar-refractivity contribution in [2.45, 2.75) is 0 Å². The van der Waals surface area contributed by atoms with E-state index in [0.29, 0.717) is 11.5 Å². The highest BCUT2D eigenvalue weighted by atomic mass is 16.6. The van der Waals surface area contributed by atoms with Crippen LogP contribution in [-0.2, 0) is 0 Å². The minimum atomic E-state index is -1.30. The zero-order valence-corrected chi connectivity index (χ0v) is 12.8. The number of nitro benzene ring substituents is 1. The van der Waals surface area contributed by atoms with Crippen LogP contribution in [0.2, 0.25) is 0 Å². The first-order valence-corrected chi connectivity index (χ1v) is 6.92. The first-order valence-electron chi connectivity index (χ1n) is 6.92. The number of ether oxygens (including phenoxy) is 3. The molecule has 0 radical (unpaired) electrons. The van der Waals surface area contributed by atoms with Crippen molar-refractivity contribution in [2.75, 3.05) is 20.3 Å². The maximum atomic E-state index is 11.2. The summed E-state index contributed by atoms with van der Waals surface area (Å²) in [4.78, 5) is 21.2. The lowest BCUT2D eigenvalue weighted by Crippen LogP contribution is -2.11. The Morgan fingerprint density at radius 1 is 1.12 bits per heavy atom. The van der Waals surface area contributed by atoms with E-state index in [2.05, 4.69) is 0 Å². The Kier molecular flexibility index (Phi) is 5.56. The molecule has 2 aromatic carbocycles.